The summed E-state index contributed by atoms with van der Waals surface area (Å²) in [6, 6.07) is 30.3. The van der Waals surface area contributed by atoms with Crippen LogP contribution < -0.4 is 0 Å². The largest absolute Gasteiger partial charge is 0.374 e. The van der Waals surface area contributed by atoms with E-state index in [4.69, 9.17) is 28.4 Å². The molecule has 2 unspecified atom stereocenters. The van der Waals surface area contributed by atoms with Crippen LogP contribution in [-0.2, 0) is 48.2 Å². The third-order valence-corrected chi connectivity index (χ3v) is 6.38. The van der Waals surface area contributed by atoms with Gasteiger partial charge in [0.15, 0.2) is 12.1 Å². The molecule has 2 aliphatic rings. The van der Waals surface area contributed by atoms with Crippen LogP contribution >= 0.6 is 0 Å². The highest BCUT2D eigenvalue weighted by atomic mass is 16.8. The van der Waals surface area contributed by atoms with E-state index in [1.807, 2.05) is 105 Å². The third-order valence-electron chi connectivity index (χ3n) is 6.38. The van der Waals surface area contributed by atoms with E-state index in [-0.39, 0.29) is 18.3 Å². The van der Waals surface area contributed by atoms with Crippen molar-refractivity contribution in [2.75, 3.05) is 6.61 Å². The van der Waals surface area contributed by atoms with Crippen LogP contribution in [0, 0.1) is 0 Å². The zero-order valence-corrected chi connectivity index (χ0v) is 20.8. The first kappa shape index (κ1) is 25.1. The van der Waals surface area contributed by atoms with E-state index >= 15 is 0 Å². The summed E-state index contributed by atoms with van der Waals surface area (Å²) >= 11 is 0. The van der Waals surface area contributed by atoms with Gasteiger partial charge in [0.2, 0.25) is 0 Å². The maximum absolute atomic E-state index is 6.44. The summed E-state index contributed by atoms with van der Waals surface area (Å²) in [4.78, 5) is 0. The number of fused-ring (bicyclic) bond motifs is 1. The molecule has 0 aliphatic carbocycles. The van der Waals surface area contributed by atoms with Crippen LogP contribution in [0.15, 0.2) is 91.0 Å². The fourth-order valence-corrected chi connectivity index (χ4v) is 4.64. The molecule has 3 aromatic carbocycles. The van der Waals surface area contributed by atoms with Gasteiger partial charge in [-0.3, -0.25) is 0 Å². The summed E-state index contributed by atoms with van der Waals surface area (Å²) < 4.78 is 37.6. The first-order chi connectivity index (χ1) is 17.6. The van der Waals surface area contributed by atoms with Crippen LogP contribution in [0.5, 0.6) is 0 Å². The van der Waals surface area contributed by atoms with Crippen LogP contribution in [-0.4, -0.2) is 43.1 Å². The molecule has 0 spiro atoms. The monoisotopic (exact) mass is 490 g/mol. The van der Waals surface area contributed by atoms with Crippen molar-refractivity contribution in [1.29, 1.82) is 0 Å². The smallest absolute Gasteiger partial charge is 0.190 e. The lowest BCUT2D eigenvalue weighted by Gasteiger charge is -2.31. The Kier molecular flexibility index (Phi) is 8.12. The van der Waals surface area contributed by atoms with E-state index in [9.17, 15) is 0 Å². The fraction of sp³-hybridized carbons (Fsp3) is 0.400. The average Bonchev–Trinajstić information content (AvgIpc) is 3.38. The molecule has 0 radical (unpaired) electrons. The standard InChI is InChI=1S/C30H34O6/c1-30(2)35-28-27(33-20-24-16-10-5-11-17-24)26(34-29(28)36-30)25(32-19-23-14-8-4-9-15-23)21-31-18-22-12-6-3-7-13-22/h3-17,25-29H,18-21H2,1-2H3/t25?,26-,27+,28-,29?/m1/s1. The lowest BCUT2D eigenvalue weighted by molar-refractivity contribution is -0.238. The van der Waals surface area contributed by atoms with E-state index in [1.165, 1.54) is 0 Å². The van der Waals surface area contributed by atoms with Crippen molar-refractivity contribution in [2.24, 2.45) is 0 Å². The van der Waals surface area contributed by atoms with Crippen LogP contribution in [0.1, 0.15) is 30.5 Å². The maximum Gasteiger partial charge on any atom is 0.190 e. The second kappa shape index (κ2) is 11.6. The number of rotatable bonds is 11. The van der Waals surface area contributed by atoms with E-state index in [0.717, 1.165) is 16.7 Å². The van der Waals surface area contributed by atoms with Gasteiger partial charge in [0.1, 0.15) is 24.4 Å². The number of hydrogen-bond acceptors (Lipinski definition) is 6. The Balaban J connectivity index is 1.32. The average molecular weight is 491 g/mol. The second-order valence-electron chi connectivity index (χ2n) is 9.67. The molecule has 0 amide bonds. The predicted molar refractivity (Wildman–Crippen MR) is 135 cm³/mol. The number of benzene rings is 3. The minimum absolute atomic E-state index is 0.348. The summed E-state index contributed by atoms with van der Waals surface area (Å²) in [5.41, 5.74) is 3.27. The molecule has 6 heteroatoms. The van der Waals surface area contributed by atoms with Gasteiger partial charge in [-0.05, 0) is 30.5 Å². The molecular formula is C30H34O6. The van der Waals surface area contributed by atoms with E-state index in [0.29, 0.717) is 26.4 Å². The summed E-state index contributed by atoms with van der Waals surface area (Å²) in [5, 5.41) is 0. The van der Waals surface area contributed by atoms with Crippen molar-refractivity contribution >= 4 is 0 Å². The van der Waals surface area contributed by atoms with Gasteiger partial charge in [-0.15, -0.1) is 0 Å². The Hall–Kier alpha value is -2.58. The summed E-state index contributed by atoms with van der Waals surface area (Å²) in [6.45, 7) is 5.50. The molecule has 190 valence electrons. The molecule has 6 nitrogen and oxygen atoms in total. The number of ether oxygens (including phenoxy) is 6. The van der Waals surface area contributed by atoms with Crippen molar-refractivity contribution in [3.8, 4) is 0 Å². The van der Waals surface area contributed by atoms with E-state index in [2.05, 4.69) is 0 Å². The van der Waals surface area contributed by atoms with Crippen molar-refractivity contribution in [1.82, 2.24) is 0 Å². The Morgan fingerprint density at radius 3 is 1.89 bits per heavy atom. The molecule has 0 bridgehead atoms. The van der Waals surface area contributed by atoms with E-state index < -0.39 is 18.2 Å². The molecule has 5 atom stereocenters. The minimum Gasteiger partial charge on any atom is -0.374 e. The quantitative estimate of drug-likeness (QED) is 0.366. The van der Waals surface area contributed by atoms with E-state index in [1.54, 1.807) is 0 Å². The molecule has 2 saturated heterocycles. The van der Waals surface area contributed by atoms with Crippen LogP contribution in [0.2, 0.25) is 0 Å². The van der Waals surface area contributed by atoms with Crippen molar-refractivity contribution in [2.45, 2.75) is 70.2 Å². The van der Waals surface area contributed by atoms with Gasteiger partial charge in [-0.1, -0.05) is 91.0 Å². The van der Waals surface area contributed by atoms with Crippen LogP contribution in [0.25, 0.3) is 0 Å². The molecule has 2 aliphatic heterocycles. The third kappa shape index (κ3) is 6.40. The van der Waals surface area contributed by atoms with Gasteiger partial charge < -0.3 is 28.4 Å². The topological polar surface area (TPSA) is 55.4 Å². The Labute approximate surface area is 213 Å². The van der Waals surface area contributed by atoms with Gasteiger partial charge in [0.05, 0.1) is 26.4 Å². The van der Waals surface area contributed by atoms with Crippen molar-refractivity contribution in [3.63, 3.8) is 0 Å². The van der Waals surface area contributed by atoms with Gasteiger partial charge >= 0.3 is 0 Å². The molecule has 0 aromatic heterocycles. The molecular weight excluding hydrogens is 456 g/mol. The lowest BCUT2D eigenvalue weighted by atomic mass is 10.1. The highest BCUT2D eigenvalue weighted by Crippen LogP contribution is 2.40. The molecule has 0 saturated carbocycles. The van der Waals surface area contributed by atoms with Crippen LogP contribution in [0.3, 0.4) is 0 Å². The number of hydrogen-bond donors (Lipinski definition) is 0. The molecule has 5 rings (SSSR count). The highest BCUT2D eigenvalue weighted by Gasteiger charge is 2.57. The molecule has 0 N–H and O–H groups in total. The Morgan fingerprint density at radius 1 is 0.722 bits per heavy atom. The lowest BCUT2D eigenvalue weighted by Crippen LogP contribution is -2.45. The first-order valence-corrected chi connectivity index (χ1v) is 12.5. The fourth-order valence-electron chi connectivity index (χ4n) is 4.64. The normalized spacial score (nSPS) is 25.5. The molecule has 2 heterocycles. The van der Waals surface area contributed by atoms with Crippen molar-refractivity contribution in [3.05, 3.63) is 108 Å². The summed E-state index contributed by atoms with van der Waals surface area (Å²) in [7, 11) is 0. The summed E-state index contributed by atoms with van der Waals surface area (Å²) in [5.74, 6) is -0.737. The highest BCUT2D eigenvalue weighted by molar-refractivity contribution is 5.15. The SMILES string of the molecule is CC1(C)OC2O[C@H](C(COCc3ccccc3)OCc3ccccc3)[C@H](OCc3ccccc3)[C@H]2O1. The van der Waals surface area contributed by atoms with Gasteiger partial charge in [-0.2, -0.15) is 0 Å². The molecule has 2 fully saturated rings. The maximum atomic E-state index is 6.44. The van der Waals surface area contributed by atoms with Gasteiger partial charge in [-0.25, -0.2) is 0 Å². The van der Waals surface area contributed by atoms with Crippen LogP contribution in [0.4, 0.5) is 0 Å². The van der Waals surface area contributed by atoms with Gasteiger partial charge in [0, 0.05) is 0 Å². The first-order valence-electron chi connectivity index (χ1n) is 12.5. The minimum atomic E-state index is -0.737. The second-order valence-corrected chi connectivity index (χ2v) is 9.67. The zero-order chi connectivity index (χ0) is 24.8. The zero-order valence-electron chi connectivity index (χ0n) is 20.8. The van der Waals surface area contributed by atoms with Gasteiger partial charge in [0.25, 0.3) is 0 Å². The molecule has 3 aromatic rings. The Morgan fingerprint density at radius 2 is 1.28 bits per heavy atom. The van der Waals surface area contributed by atoms with Crippen molar-refractivity contribution < 1.29 is 28.4 Å². The molecule has 36 heavy (non-hydrogen) atoms. The summed E-state index contributed by atoms with van der Waals surface area (Å²) in [6.07, 6.45) is -2.05. The predicted octanol–water partition coefficient (Wildman–Crippen LogP) is 5.25. The Bertz CT molecular complexity index is 1060.